The van der Waals surface area contributed by atoms with Crippen LogP contribution in [0.5, 0.6) is 5.75 Å². The van der Waals surface area contributed by atoms with Gasteiger partial charge in [0.2, 0.25) is 0 Å². The molecule has 5 saturated carbocycles. The average Bonchev–Trinajstić information content (AvgIpc) is 3.71. The molecule has 2 heteroatoms. The molecule has 0 amide bonds. The second-order valence-electron chi connectivity index (χ2n) is 14.0. The molecule has 2 bridgehead atoms. The van der Waals surface area contributed by atoms with Crippen LogP contribution in [0.15, 0.2) is 36.4 Å². The molecule has 5 aliphatic rings. The van der Waals surface area contributed by atoms with Crippen LogP contribution in [-0.4, -0.2) is 23.6 Å². The Hall–Kier alpha value is -1.54. The first-order valence-electron chi connectivity index (χ1n) is 14.7. The Kier molecular flexibility index (Phi) is 5.99. The number of nitrogens with zero attached hydrogens (tertiary/aromatic N) is 1. The molecular weight excluding hydrogens is 426 g/mol. The van der Waals surface area contributed by atoms with Gasteiger partial charge in [-0.15, -0.1) is 0 Å². The fourth-order valence-electron chi connectivity index (χ4n) is 8.20. The Bertz CT molecular complexity index is 1030. The Morgan fingerprint density at radius 1 is 0.800 bits per heavy atom. The Balaban J connectivity index is 1.08. The van der Waals surface area contributed by atoms with Crippen LogP contribution < -0.4 is 4.74 Å². The lowest BCUT2D eigenvalue weighted by atomic mass is 9.55. The van der Waals surface area contributed by atoms with E-state index in [-0.39, 0.29) is 0 Å². The van der Waals surface area contributed by atoms with E-state index in [1.807, 2.05) is 0 Å². The van der Waals surface area contributed by atoms with Gasteiger partial charge in [0.15, 0.2) is 0 Å². The third kappa shape index (κ3) is 4.65. The van der Waals surface area contributed by atoms with E-state index in [2.05, 4.69) is 69.1 Å². The molecule has 0 aliphatic heterocycles. The Morgan fingerprint density at radius 2 is 1.43 bits per heavy atom. The maximum absolute atomic E-state index is 6.45. The van der Waals surface area contributed by atoms with Crippen molar-refractivity contribution in [2.24, 2.45) is 22.7 Å². The first-order chi connectivity index (χ1) is 16.7. The van der Waals surface area contributed by atoms with Crippen molar-refractivity contribution in [1.29, 1.82) is 0 Å². The predicted octanol–water partition coefficient (Wildman–Crippen LogP) is 8.76. The van der Waals surface area contributed by atoms with Crippen molar-refractivity contribution >= 4 is 10.8 Å². The fourth-order valence-corrected chi connectivity index (χ4v) is 8.20. The number of hydrogen-bond donors (Lipinski definition) is 0. The molecule has 0 radical (unpaired) electrons. The van der Waals surface area contributed by atoms with E-state index in [1.54, 1.807) is 0 Å². The lowest BCUT2D eigenvalue weighted by molar-refractivity contribution is -0.0568. The van der Waals surface area contributed by atoms with Crippen LogP contribution >= 0.6 is 0 Å². The minimum Gasteiger partial charge on any atom is -0.490 e. The first-order valence-corrected chi connectivity index (χ1v) is 14.7. The van der Waals surface area contributed by atoms with Crippen molar-refractivity contribution in [2.75, 3.05) is 7.05 Å². The lowest BCUT2D eigenvalue weighted by Gasteiger charge is -2.57. The van der Waals surface area contributed by atoms with Gasteiger partial charge in [-0.3, -0.25) is 4.90 Å². The molecule has 0 atom stereocenters. The normalized spacial score (nSPS) is 33.4. The SMILES string of the molecule is CN(Cc1ccc2cc(OC3CCC(C(C)(C)C)CC3)ccc2c1)C12CCC(C3CC3)(CC1)CC2. The van der Waals surface area contributed by atoms with Crippen molar-refractivity contribution in [2.45, 2.75) is 116 Å². The van der Waals surface area contributed by atoms with Gasteiger partial charge in [0.05, 0.1) is 6.10 Å². The topological polar surface area (TPSA) is 12.5 Å². The van der Waals surface area contributed by atoms with Gasteiger partial charge in [-0.2, -0.15) is 0 Å². The minimum absolute atomic E-state index is 0.378. The molecule has 2 aromatic rings. The summed E-state index contributed by atoms with van der Waals surface area (Å²) in [4.78, 5) is 2.72. The van der Waals surface area contributed by atoms with Crippen molar-refractivity contribution < 1.29 is 4.74 Å². The van der Waals surface area contributed by atoms with Gasteiger partial charge < -0.3 is 4.74 Å². The van der Waals surface area contributed by atoms with Crippen LogP contribution in [0.3, 0.4) is 0 Å². The monoisotopic (exact) mass is 473 g/mol. The van der Waals surface area contributed by atoms with Crippen molar-refractivity contribution in [3.8, 4) is 5.75 Å². The summed E-state index contributed by atoms with van der Waals surface area (Å²) in [6.07, 6.45) is 17.1. The molecular formula is C33H47NO. The summed E-state index contributed by atoms with van der Waals surface area (Å²) in [7, 11) is 2.39. The third-order valence-corrected chi connectivity index (χ3v) is 11.0. The summed E-state index contributed by atoms with van der Waals surface area (Å²) in [6, 6.07) is 13.8. The molecule has 0 aromatic heterocycles. The summed E-state index contributed by atoms with van der Waals surface area (Å²) < 4.78 is 6.45. The highest BCUT2D eigenvalue weighted by atomic mass is 16.5. The van der Waals surface area contributed by atoms with Crippen LogP contribution in [0.1, 0.15) is 103 Å². The Labute approximate surface area is 213 Å². The van der Waals surface area contributed by atoms with Gasteiger partial charge >= 0.3 is 0 Å². The molecule has 0 heterocycles. The molecule has 35 heavy (non-hydrogen) atoms. The molecule has 0 spiro atoms. The summed E-state index contributed by atoms with van der Waals surface area (Å²) in [5.74, 6) is 2.96. The number of ether oxygens (including phenoxy) is 1. The van der Waals surface area contributed by atoms with E-state index in [0.29, 0.717) is 17.1 Å². The maximum Gasteiger partial charge on any atom is 0.120 e. The molecule has 190 valence electrons. The highest BCUT2D eigenvalue weighted by Gasteiger charge is 2.55. The second-order valence-corrected chi connectivity index (χ2v) is 14.0. The van der Waals surface area contributed by atoms with Gasteiger partial charge in [0.25, 0.3) is 0 Å². The lowest BCUT2D eigenvalue weighted by Crippen LogP contribution is -2.55. The van der Waals surface area contributed by atoms with E-state index in [9.17, 15) is 0 Å². The highest BCUT2D eigenvalue weighted by Crippen LogP contribution is 2.63. The van der Waals surface area contributed by atoms with Crippen molar-refractivity contribution in [3.05, 3.63) is 42.0 Å². The van der Waals surface area contributed by atoms with Gasteiger partial charge in [0.1, 0.15) is 5.75 Å². The third-order valence-electron chi connectivity index (χ3n) is 11.0. The van der Waals surface area contributed by atoms with E-state index in [1.165, 1.54) is 93.4 Å². The standard InChI is InChI=1S/C33H47NO/c1-31(2,3)27-10-13-29(14-11-27)35-30-12-7-25-21-24(5-6-26(25)22-30)23-34(4)33-18-15-32(16-19-33,17-20-33)28-8-9-28/h5-7,12,21-22,27-29H,8-11,13-20,23H2,1-4H3. The van der Waals surface area contributed by atoms with Gasteiger partial charge in [-0.05, 0) is 141 Å². The molecule has 5 fully saturated rings. The smallest absolute Gasteiger partial charge is 0.120 e. The quantitative estimate of drug-likeness (QED) is 0.416. The molecule has 5 aliphatic carbocycles. The van der Waals surface area contributed by atoms with Crippen LogP contribution in [0.2, 0.25) is 0 Å². The number of rotatable bonds is 6. The zero-order valence-electron chi connectivity index (χ0n) is 22.7. The van der Waals surface area contributed by atoms with Gasteiger partial charge in [-0.25, -0.2) is 0 Å². The van der Waals surface area contributed by atoms with Crippen LogP contribution in [-0.2, 0) is 6.54 Å². The van der Waals surface area contributed by atoms with Crippen LogP contribution in [0.4, 0.5) is 0 Å². The fraction of sp³-hybridized carbons (Fsp3) is 0.697. The highest BCUT2D eigenvalue weighted by molar-refractivity contribution is 5.84. The molecule has 0 saturated heterocycles. The minimum atomic E-state index is 0.378. The number of fused-ring (bicyclic) bond motifs is 4. The summed E-state index contributed by atoms with van der Waals surface area (Å²) >= 11 is 0. The van der Waals surface area contributed by atoms with Crippen LogP contribution in [0.25, 0.3) is 10.8 Å². The summed E-state index contributed by atoms with van der Waals surface area (Å²) in [6.45, 7) is 8.23. The second kappa shape index (κ2) is 8.79. The number of hydrogen-bond acceptors (Lipinski definition) is 2. The number of benzene rings is 2. The van der Waals surface area contributed by atoms with Crippen molar-refractivity contribution in [1.82, 2.24) is 4.90 Å². The molecule has 0 N–H and O–H groups in total. The summed E-state index contributed by atoms with van der Waals surface area (Å²) in [5, 5.41) is 2.65. The Morgan fingerprint density at radius 3 is 2.06 bits per heavy atom. The van der Waals surface area contributed by atoms with Gasteiger partial charge in [-0.1, -0.05) is 39.0 Å². The van der Waals surface area contributed by atoms with E-state index >= 15 is 0 Å². The zero-order chi connectivity index (χ0) is 24.3. The molecule has 2 nitrogen and oxygen atoms in total. The predicted molar refractivity (Wildman–Crippen MR) is 147 cm³/mol. The summed E-state index contributed by atoms with van der Waals surface area (Å²) in [5.41, 5.74) is 3.08. The average molecular weight is 474 g/mol. The molecule has 0 unspecified atom stereocenters. The molecule has 2 aromatic carbocycles. The van der Waals surface area contributed by atoms with E-state index in [0.717, 1.165) is 29.5 Å². The zero-order valence-corrected chi connectivity index (χ0v) is 22.7. The first kappa shape index (κ1) is 23.8. The van der Waals surface area contributed by atoms with E-state index < -0.39 is 0 Å². The molecule has 7 rings (SSSR count). The van der Waals surface area contributed by atoms with Crippen molar-refractivity contribution in [3.63, 3.8) is 0 Å². The largest absolute Gasteiger partial charge is 0.490 e. The van der Waals surface area contributed by atoms with Crippen LogP contribution in [0, 0.1) is 22.7 Å². The van der Waals surface area contributed by atoms with E-state index in [4.69, 9.17) is 4.74 Å². The maximum atomic E-state index is 6.45. The van der Waals surface area contributed by atoms with Gasteiger partial charge in [0, 0.05) is 12.1 Å².